The number of methoxy groups -OCH3 is 1. The van der Waals surface area contributed by atoms with Gasteiger partial charge in [0.05, 0.1) is 12.8 Å². The van der Waals surface area contributed by atoms with Crippen LogP contribution in [0.4, 0.5) is 5.69 Å². The lowest BCUT2D eigenvalue weighted by Crippen LogP contribution is -2.34. The number of nitrogens with zero attached hydrogens (tertiary/aromatic N) is 2. The van der Waals surface area contributed by atoms with E-state index in [1.54, 1.807) is 13.3 Å². The van der Waals surface area contributed by atoms with Crippen LogP contribution in [-0.4, -0.2) is 22.1 Å². The first-order valence-electron chi connectivity index (χ1n) is 8.89. The normalized spacial score (nSPS) is 10.4. The van der Waals surface area contributed by atoms with E-state index in [9.17, 15) is 0 Å². The third-order valence-electron chi connectivity index (χ3n) is 4.24. The van der Waals surface area contributed by atoms with E-state index >= 15 is 0 Å². The van der Waals surface area contributed by atoms with Gasteiger partial charge in [0.25, 0.3) is 0 Å². The molecule has 0 unspecified atom stereocenters. The van der Waals surface area contributed by atoms with E-state index in [-0.39, 0.29) is 0 Å². The Labute approximate surface area is 176 Å². The summed E-state index contributed by atoms with van der Waals surface area (Å²) in [6.07, 6.45) is 3.61. The highest BCUT2D eigenvalue weighted by Crippen LogP contribution is 2.26. The van der Waals surface area contributed by atoms with Gasteiger partial charge >= 0.3 is 0 Å². The number of thiocarbonyl (C=S) groups is 1. The van der Waals surface area contributed by atoms with Gasteiger partial charge in [-0.2, -0.15) is 0 Å². The minimum atomic E-state index is 0.603. The van der Waals surface area contributed by atoms with Crippen molar-refractivity contribution in [1.29, 1.82) is 0 Å². The highest BCUT2D eigenvalue weighted by Gasteiger charge is 2.14. The van der Waals surface area contributed by atoms with Crippen LogP contribution in [0.25, 0.3) is 0 Å². The number of pyridine rings is 1. The number of rotatable bonds is 6. The van der Waals surface area contributed by atoms with E-state index in [0.29, 0.717) is 23.2 Å². The summed E-state index contributed by atoms with van der Waals surface area (Å²) >= 11 is 11.9. The maximum Gasteiger partial charge on any atom is 0.174 e. The van der Waals surface area contributed by atoms with Crippen molar-refractivity contribution in [3.8, 4) is 5.75 Å². The van der Waals surface area contributed by atoms with Crippen molar-refractivity contribution in [1.82, 2.24) is 9.88 Å². The van der Waals surface area contributed by atoms with Crippen LogP contribution in [0.15, 0.2) is 67.0 Å². The summed E-state index contributed by atoms with van der Waals surface area (Å²) in [5.41, 5.74) is 4.11. The van der Waals surface area contributed by atoms with E-state index in [1.807, 2.05) is 67.7 Å². The standard InChI is InChI=1S/C22H22ClN3OS/c1-16-8-9-20(21(11-16)27-2)25-22(28)26(15-18-6-4-10-24-13-18)14-17-5-3-7-19(23)12-17/h3-13H,14-15H2,1-2H3,(H,25,28). The Bertz CT molecular complexity index is 950. The molecule has 1 heterocycles. The topological polar surface area (TPSA) is 37.4 Å². The molecule has 1 aromatic heterocycles. The lowest BCUT2D eigenvalue weighted by Gasteiger charge is -2.27. The smallest absolute Gasteiger partial charge is 0.174 e. The van der Waals surface area contributed by atoms with Crippen molar-refractivity contribution in [2.75, 3.05) is 12.4 Å². The van der Waals surface area contributed by atoms with Crippen molar-refractivity contribution in [2.45, 2.75) is 20.0 Å². The Morgan fingerprint density at radius 3 is 2.61 bits per heavy atom. The molecule has 3 aromatic rings. The Balaban J connectivity index is 1.83. The molecule has 0 radical (unpaired) electrons. The molecule has 3 rings (SSSR count). The Morgan fingerprint density at radius 2 is 1.89 bits per heavy atom. The molecular formula is C22H22ClN3OS. The zero-order valence-corrected chi connectivity index (χ0v) is 17.4. The van der Waals surface area contributed by atoms with E-state index in [1.165, 1.54) is 0 Å². The Hall–Kier alpha value is -2.63. The molecule has 2 aromatic carbocycles. The second-order valence-electron chi connectivity index (χ2n) is 6.48. The summed E-state index contributed by atoms with van der Waals surface area (Å²) in [6, 6.07) is 17.7. The highest BCUT2D eigenvalue weighted by molar-refractivity contribution is 7.80. The van der Waals surface area contributed by atoms with Gasteiger partial charge in [-0.25, -0.2) is 0 Å². The van der Waals surface area contributed by atoms with Crippen LogP contribution in [-0.2, 0) is 13.1 Å². The van der Waals surface area contributed by atoms with Crippen molar-refractivity contribution >= 4 is 34.6 Å². The number of hydrogen-bond donors (Lipinski definition) is 1. The molecule has 0 bridgehead atoms. The quantitative estimate of drug-likeness (QED) is 0.546. The van der Waals surface area contributed by atoms with Crippen LogP contribution in [0.1, 0.15) is 16.7 Å². The second kappa shape index (κ2) is 9.53. The molecular weight excluding hydrogens is 390 g/mol. The fourth-order valence-corrected chi connectivity index (χ4v) is 3.32. The molecule has 0 aliphatic heterocycles. The summed E-state index contributed by atoms with van der Waals surface area (Å²) in [5, 5.41) is 4.63. The zero-order valence-electron chi connectivity index (χ0n) is 15.9. The van der Waals surface area contributed by atoms with E-state index in [4.69, 9.17) is 28.6 Å². The van der Waals surface area contributed by atoms with Gasteiger partial charge < -0.3 is 15.0 Å². The van der Waals surface area contributed by atoms with E-state index in [0.717, 1.165) is 28.1 Å². The van der Waals surface area contributed by atoms with Crippen LogP contribution in [0.3, 0.4) is 0 Å². The molecule has 0 fully saturated rings. The zero-order chi connectivity index (χ0) is 19.9. The number of nitrogens with one attached hydrogen (secondary N) is 1. The summed E-state index contributed by atoms with van der Waals surface area (Å²) in [5.74, 6) is 0.756. The number of halogens is 1. The molecule has 0 aliphatic rings. The van der Waals surface area contributed by atoms with Gasteiger partial charge in [0.15, 0.2) is 5.11 Å². The molecule has 0 saturated carbocycles. The fraction of sp³-hybridized carbons (Fsp3) is 0.182. The molecule has 0 spiro atoms. The van der Waals surface area contributed by atoms with Gasteiger partial charge in [0.1, 0.15) is 5.75 Å². The maximum absolute atomic E-state index is 6.16. The molecule has 0 aliphatic carbocycles. The molecule has 0 amide bonds. The molecule has 4 nitrogen and oxygen atoms in total. The lowest BCUT2D eigenvalue weighted by molar-refractivity contribution is 0.408. The number of aryl methyl sites for hydroxylation is 1. The largest absolute Gasteiger partial charge is 0.495 e. The highest BCUT2D eigenvalue weighted by atomic mass is 35.5. The van der Waals surface area contributed by atoms with Crippen LogP contribution in [0.2, 0.25) is 5.02 Å². The van der Waals surface area contributed by atoms with Crippen LogP contribution in [0, 0.1) is 6.92 Å². The predicted molar refractivity (Wildman–Crippen MR) is 119 cm³/mol. The summed E-state index contributed by atoms with van der Waals surface area (Å²) in [4.78, 5) is 6.29. The first-order chi connectivity index (χ1) is 13.5. The molecule has 144 valence electrons. The first-order valence-corrected chi connectivity index (χ1v) is 9.67. The Kier molecular flexibility index (Phi) is 6.85. The summed E-state index contributed by atoms with van der Waals surface area (Å²) < 4.78 is 5.49. The molecule has 6 heteroatoms. The lowest BCUT2D eigenvalue weighted by atomic mass is 10.2. The van der Waals surface area contributed by atoms with E-state index < -0.39 is 0 Å². The second-order valence-corrected chi connectivity index (χ2v) is 7.30. The van der Waals surface area contributed by atoms with Crippen LogP contribution < -0.4 is 10.1 Å². The minimum absolute atomic E-state index is 0.603. The molecule has 28 heavy (non-hydrogen) atoms. The number of hydrogen-bond acceptors (Lipinski definition) is 3. The first kappa shape index (κ1) is 20.1. The average Bonchev–Trinajstić information content (AvgIpc) is 2.69. The van der Waals surface area contributed by atoms with Gasteiger partial charge in [0.2, 0.25) is 0 Å². The van der Waals surface area contributed by atoms with E-state index in [2.05, 4.69) is 15.2 Å². The monoisotopic (exact) mass is 411 g/mol. The maximum atomic E-state index is 6.16. The molecule has 0 saturated heterocycles. The molecule has 1 N–H and O–H groups in total. The van der Waals surface area contributed by atoms with Gasteiger partial charge in [-0.15, -0.1) is 0 Å². The average molecular weight is 412 g/mol. The van der Waals surface area contributed by atoms with Gasteiger partial charge in [-0.1, -0.05) is 35.9 Å². The van der Waals surface area contributed by atoms with Crippen molar-refractivity contribution in [3.63, 3.8) is 0 Å². The van der Waals surface area contributed by atoms with Crippen molar-refractivity contribution in [3.05, 3.63) is 88.7 Å². The van der Waals surface area contributed by atoms with Gasteiger partial charge in [0, 0.05) is 30.5 Å². The number of ether oxygens (including phenoxy) is 1. The van der Waals surface area contributed by atoms with Crippen LogP contribution in [0.5, 0.6) is 5.75 Å². The number of aromatic nitrogens is 1. The summed E-state index contributed by atoms with van der Waals surface area (Å²) in [6.45, 7) is 3.27. The predicted octanol–water partition coefficient (Wildman–Crippen LogP) is 5.45. The van der Waals surface area contributed by atoms with Gasteiger partial charge in [-0.3, -0.25) is 4.98 Å². The van der Waals surface area contributed by atoms with Gasteiger partial charge in [-0.05, 0) is 66.2 Å². The minimum Gasteiger partial charge on any atom is -0.495 e. The third kappa shape index (κ3) is 5.44. The third-order valence-corrected chi connectivity index (χ3v) is 4.84. The summed E-state index contributed by atoms with van der Waals surface area (Å²) in [7, 11) is 1.66. The SMILES string of the molecule is COc1cc(C)ccc1NC(=S)N(Cc1cccnc1)Cc1cccc(Cl)c1. The van der Waals surface area contributed by atoms with Crippen molar-refractivity contribution < 1.29 is 4.74 Å². The molecule has 0 atom stereocenters. The van der Waals surface area contributed by atoms with Crippen LogP contribution >= 0.6 is 23.8 Å². The van der Waals surface area contributed by atoms with Crippen molar-refractivity contribution in [2.24, 2.45) is 0 Å². The number of anilines is 1. The number of benzene rings is 2. The fourth-order valence-electron chi connectivity index (χ4n) is 2.86. The Morgan fingerprint density at radius 1 is 1.11 bits per heavy atom.